The van der Waals surface area contributed by atoms with Crippen molar-refractivity contribution in [2.45, 2.75) is 13.1 Å². The highest BCUT2D eigenvalue weighted by Gasteiger charge is 2.44. The van der Waals surface area contributed by atoms with Gasteiger partial charge in [0.05, 0.1) is 13.1 Å². The monoisotopic (exact) mass is 372 g/mol. The number of carbonyl (C=O) groups excluding carboxylic acids is 3. The Labute approximate surface area is 141 Å². The van der Waals surface area contributed by atoms with E-state index in [0.29, 0.717) is 0 Å². The molecule has 1 aliphatic rings. The average molecular weight is 373 g/mol. The molecule has 0 saturated carbocycles. The van der Waals surface area contributed by atoms with Gasteiger partial charge in [0.2, 0.25) is 0 Å². The van der Waals surface area contributed by atoms with Crippen molar-refractivity contribution in [2.24, 2.45) is 0 Å². The Bertz CT molecular complexity index is 776. The molecule has 0 bridgehead atoms. The van der Waals surface area contributed by atoms with Gasteiger partial charge in [-0.15, -0.1) is 0 Å². The predicted octanol–water partition coefficient (Wildman–Crippen LogP) is 2.94. The Morgan fingerprint density at radius 3 is 1.91 bits per heavy atom. The van der Waals surface area contributed by atoms with Crippen LogP contribution in [0.4, 0.5) is 4.79 Å². The van der Waals surface area contributed by atoms with Gasteiger partial charge in [-0.05, 0) is 23.3 Å². The molecular weight excluding hydrogens is 360 g/mol. The van der Waals surface area contributed by atoms with Crippen LogP contribution in [-0.4, -0.2) is 27.6 Å². The van der Waals surface area contributed by atoms with E-state index in [-0.39, 0.29) is 13.1 Å². The molecule has 0 radical (unpaired) electrons. The summed E-state index contributed by atoms with van der Waals surface area (Å²) in [5.74, 6) is -1.57. The van der Waals surface area contributed by atoms with Crippen LogP contribution >= 0.6 is 15.9 Å². The van der Waals surface area contributed by atoms with E-state index in [1.807, 2.05) is 48.5 Å². The molecule has 1 aliphatic heterocycles. The van der Waals surface area contributed by atoms with Crippen molar-refractivity contribution in [3.05, 3.63) is 70.2 Å². The molecule has 4 amide bonds. The van der Waals surface area contributed by atoms with E-state index in [1.54, 1.807) is 6.07 Å². The fourth-order valence-electron chi connectivity index (χ4n) is 2.41. The van der Waals surface area contributed by atoms with Crippen molar-refractivity contribution in [3.63, 3.8) is 0 Å². The molecular formula is C17H13BrN2O3. The van der Waals surface area contributed by atoms with Gasteiger partial charge in [-0.2, -0.15) is 0 Å². The first-order valence-corrected chi connectivity index (χ1v) is 7.81. The molecule has 0 N–H and O–H groups in total. The zero-order valence-electron chi connectivity index (χ0n) is 12.1. The van der Waals surface area contributed by atoms with Crippen LogP contribution < -0.4 is 0 Å². The maximum Gasteiger partial charge on any atom is 0.334 e. The van der Waals surface area contributed by atoms with Crippen molar-refractivity contribution < 1.29 is 14.4 Å². The van der Waals surface area contributed by atoms with Crippen LogP contribution in [0.3, 0.4) is 0 Å². The van der Waals surface area contributed by atoms with Crippen molar-refractivity contribution >= 4 is 33.8 Å². The molecule has 116 valence electrons. The van der Waals surface area contributed by atoms with Gasteiger partial charge >= 0.3 is 17.8 Å². The van der Waals surface area contributed by atoms with Crippen LogP contribution in [0.2, 0.25) is 0 Å². The molecule has 2 aromatic carbocycles. The summed E-state index contributed by atoms with van der Waals surface area (Å²) in [4.78, 5) is 38.6. The summed E-state index contributed by atoms with van der Waals surface area (Å²) in [6.45, 7) is 0.174. The van der Waals surface area contributed by atoms with Crippen molar-refractivity contribution in [1.29, 1.82) is 0 Å². The summed E-state index contributed by atoms with van der Waals surface area (Å²) in [5.41, 5.74) is 1.57. The summed E-state index contributed by atoms with van der Waals surface area (Å²) in [5, 5.41) is 0. The lowest BCUT2D eigenvalue weighted by Gasteiger charge is -2.15. The smallest absolute Gasteiger partial charge is 0.263 e. The molecule has 0 spiro atoms. The molecule has 2 aromatic rings. The maximum atomic E-state index is 12.4. The Hall–Kier alpha value is -2.47. The Morgan fingerprint density at radius 1 is 0.739 bits per heavy atom. The second-order valence-electron chi connectivity index (χ2n) is 5.18. The summed E-state index contributed by atoms with van der Waals surface area (Å²) < 4.78 is 0.849. The van der Waals surface area contributed by atoms with Crippen LogP contribution in [0.1, 0.15) is 11.1 Å². The van der Waals surface area contributed by atoms with E-state index < -0.39 is 17.8 Å². The van der Waals surface area contributed by atoms with E-state index in [4.69, 9.17) is 0 Å². The van der Waals surface area contributed by atoms with Gasteiger partial charge in [-0.25, -0.2) is 4.79 Å². The molecule has 6 heteroatoms. The lowest BCUT2D eigenvalue weighted by atomic mass is 10.2. The number of rotatable bonds is 4. The molecule has 1 heterocycles. The number of hydrogen-bond donors (Lipinski definition) is 0. The number of carbonyl (C=O) groups is 3. The van der Waals surface area contributed by atoms with Gasteiger partial charge in [0, 0.05) is 4.47 Å². The van der Waals surface area contributed by atoms with Crippen molar-refractivity contribution in [2.75, 3.05) is 0 Å². The minimum Gasteiger partial charge on any atom is -0.263 e. The third kappa shape index (κ3) is 3.17. The maximum absolute atomic E-state index is 12.4. The first-order valence-electron chi connectivity index (χ1n) is 7.02. The first-order chi connectivity index (χ1) is 11.1. The van der Waals surface area contributed by atoms with E-state index in [2.05, 4.69) is 15.9 Å². The average Bonchev–Trinajstić information content (AvgIpc) is 2.74. The molecule has 0 aliphatic carbocycles. The number of benzene rings is 2. The van der Waals surface area contributed by atoms with Gasteiger partial charge in [-0.3, -0.25) is 19.4 Å². The molecule has 0 atom stereocenters. The van der Waals surface area contributed by atoms with E-state index in [9.17, 15) is 14.4 Å². The molecule has 3 rings (SSSR count). The fraction of sp³-hybridized carbons (Fsp3) is 0.118. The van der Waals surface area contributed by atoms with Crippen molar-refractivity contribution in [1.82, 2.24) is 9.80 Å². The van der Waals surface area contributed by atoms with Gasteiger partial charge < -0.3 is 0 Å². The topological polar surface area (TPSA) is 57.7 Å². The van der Waals surface area contributed by atoms with Gasteiger partial charge in [0.25, 0.3) is 0 Å². The normalized spacial score (nSPS) is 14.7. The van der Waals surface area contributed by atoms with Crippen LogP contribution in [-0.2, 0) is 22.7 Å². The Balaban J connectivity index is 1.79. The number of hydrogen-bond acceptors (Lipinski definition) is 3. The SMILES string of the molecule is O=C1C(=O)N(Cc2cccc(Br)c2)C(=O)N1Cc1ccccc1. The highest BCUT2D eigenvalue weighted by atomic mass is 79.9. The molecule has 23 heavy (non-hydrogen) atoms. The standard InChI is InChI=1S/C17H13BrN2O3/c18-14-8-4-7-13(9-14)11-20-16(22)15(21)19(17(20)23)10-12-5-2-1-3-6-12/h1-9H,10-11H2. The van der Waals surface area contributed by atoms with Gasteiger partial charge in [0.1, 0.15) is 0 Å². The van der Waals surface area contributed by atoms with Gasteiger partial charge in [-0.1, -0.05) is 58.4 Å². The summed E-state index contributed by atoms with van der Waals surface area (Å²) in [6, 6.07) is 15.8. The van der Waals surface area contributed by atoms with Gasteiger partial charge in [0.15, 0.2) is 0 Å². The second-order valence-corrected chi connectivity index (χ2v) is 6.10. The number of imide groups is 2. The fourth-order valence-corrected chi connectivity index (χ4v) is 2.86. The van der Waals surface area contributed by atoms with Crippen LogP contribution in [0, 0.1) is 0 Å². The van der Waals surface area contributed by atoms with E-state index >= 15 is 0 Å². The number of urea groups is 1. The quantitative estimate of drug-likeness (QED) is 0.612. The molecule has 1 fully saturated rings. The zero-order chi connectivity index (χ0) is 16.4. The number of nitrogens with zero attached hydrogens (tertiary/aromatic N) is 2. The van der Waals surface area contributed by atoms with E-state index in [0.717, 1.165) is 25.4 Å². The Kier molecular flexibility index (Phi) is 4.25. The number of halogens is 1. The number of amides is 4. The molecule has 5 nitrogen and oxygen atoms in total. The summed E-state index contributed by atoms with van der Waals surface area (Å²) in [7, 11) is 0. The zero-order valence-corrected chi connectivity index (χ0v) is 13.7. The predicted molar refractivity (Wildman–Crippen MR) is 87.1 cm³/mol. The summed E-state index contributed by atoms with van der Waals surface area (Å²) in [6.07, 6.45) is 0. The minimum absolute atomic E-state index is 0.0775. The lowest BCUT2D eigenvalue weighted by molar-refractivity contribution is -0.143. The molecule has 0 aromatic heterocycles. The van der Waals surface area contributed by atoms with Crippen LogP contribution in [0.25, 0.3) is 0 Å². The highest BCUT2D eigenvalue weighted by molar-refractivity contribution is 9.10. The minimum atomic E-state index is -0.786. The summed E-state index contributed by atoms with van der Waals surface area (Å²) >= 11 is 3.34. The second kappa shape index (κ2) is 6.34. The Morgan fingerprint density at radius 2 is 1.30 bits per heavy atom. The van der Waals surface area contributed by atoms with Crippen molar-refractivity contribution in [3.8, 4) is 0 Å². The molecule has 0 unspecified atom stereocenters. The van der Waals surface area contributed by atoms with Crippen LogP contribution in [0.5, 0.6) is 0 Å². The lowest BCUT2D eigenvalue weighted by Crippen LogP contribution is -2.32. The van der Waals surface area contributed by atoms with E-state index in [1.165, 1.54) is 0 Å². The third-order valence-corrected chi connectivity index (χ3v) is 4.04. The third-order valence-electron chi connectivity index (χ3n) is 3.55. The first kappa shape index (κ1) is 15.4. The highest BCUT2D eigenvalue weighted by Crippen LogP contribution is 2.20. The molecule has 1 saturated heterocycles. The van der Waals surface area contributed by atoms with Crippen LogP contribution in [0.15, 0.2) is 59.1 Å². The largest absolute Gasteiger partial charge is 0.334 e.